The second-order valence-electron chi connectivity index (χ2n) is 1.63. The minimum absolute atomic E-state index is 0.316. The van der Waals surface area contributed by atoms with Crippen molar-refractivity contribution in [3.63, 3.8) is 0 Å². The average Bonchev–Trinajstić information content (AvgIpc) is 1.82. The number of aliphatic imine (C=N–C) groups is 2. The van der Waals surface area contributed by atoms with Crippen LogP contribution < -0.4 is 5.73 Å². The lowest BCUT2D eigenvalue weighted by atomic mass is 10.5. The van der Waals surface area contributed by atoms with E-state index < -0.39 is 0 Å². The van der Waals surface area contributed by atoms with Crippen molar-refractivity contribution in [2.24, 2.45) is 15.7 Å². The second kappa shape index (κ2) is 3.97. The maximum Gasteiger partial charge on any atom is 0.141 e. The van der Waals surface area contributed by atoms with Crippen LogP contribution in [0, 0.1) is 0 Å². The molecule has 3 nitrogen and oxygen atoms in total. The maximum atomic E-state index is 5.23. The smallest absolute Gasteiger partial charge is 0.141 e. The van der Waals surface area contributed by atoms with Gasteiger partial charge in [-0.15, -0.1) is 0 Å². The highest BCUT2D eigenvalue weighted by molar-refractivity contribution is 5.88. The van der Waals surface area contributed by atoms with Gasteiger partial charge in [-0.1, -0.05) is 6.58 Å². The van der Waals surface area contributed by atoms with E-state index in [1.165, 1.54) is 0 Å². The molecule has 0 spiro atoms. The average molecular weight is 125 g/mol. The van der Waals surface area contributed by atoms with Gasteiger partial charge in [-0.3, -0.25) is 0 Å². The number of allylic oxidation sites excluding steroid dienone is 1. The van der Waals surface area contributed by atoms with Crippen molar-refractivity contribution in [1.29, 1.82) is 0 Å². The van der Waals surface area contributed by atoms with Gasteiger partial charge in [0.1, 0.15) is 5.84 Å². The van der Waals surface area contributed by atoms with Gasteiger partial charge in [0.25, 0.3) is 0 Å². The normalized spacial score (nSPS) is 11.1. The van der Waals surface area contributed by atoms with Gasteiger partial charge in [-0.2, -0.15) is 0 Å². The lowest BCUT2D eigenvalue weighted by Crippen LogP contribution is -2.10. The fourth-order valence-electron chi connectivity index (χ4n) is 0.366. The van der Waals surface area contributed by atoms with Gasteiger partial charge >= 0.3 is 0 Å². The highest BCUT2D eigenvalue weighted by Gasteiger charge is 1.87. The van der Waals surface area contributed by atoms with Crippen LogP contribution in [0.2, 0.25) is 0 Å². The zero-order valence-electron chi connectivity index (χ0n) is 5.59. The molecule has 0 aromatic rings. The summed E-state index contributed by atoms with van der Waals surface area (Å²) in [6, 6.07) is 0. The Bertz CT molecular complexity index is 146. The number of rotatable bonds is 2. The predicted octanol–water partition coefficient (Wildman–Crippen LogP) is 0.578. The fraction of sp³-hybridized carbons (Fsp3) is 0.333. The number of amidine groups is 1. The number of nitrogens with zero attached hydrogens (tertiary/aromatic N) is 2. The van der Waals surface area contributed by atoms with Crippen LogP contribution in [0.4, 0.5) is 0 Å². The summed E-state index contributed by atoms with van der Waals surface area (Å²) in [5.41, 5.74) is 5.92. The molecule has 3 heteroatoms. The minimum Gasteiger partial charge on any atom is -0.324 e. The first kappa shape index (κ1) is 8.04. The highest BCUT2D eigenvalue weighted by Crippen LogP contribution is 1.89. The van der Waals surface area contributed by atoms with E-state index in [4.69, 9.17) is 5.73 Å². The van der Waals surface area contributed by atoms with E-state index in [1.54, 1.807) is 6.92 Å². The molecule has 0 aliphatic heterocycles. The van der Waals surface area contributed by atoms with Crippen LogP contribution in [-0.2, 0) is 0 Å². The molecule has 0 unspecified atom stereocenters. The molecule has 0 fully saturated rings. The van der Waals surface area contributed by atoms with Gasteiger partial charge in [0.05, 0.1) is 6.54 Å². The summed E-state index contributed by atoms with van der Waals surface area (Å²) in [6.07, 6.45) is 0. The summed E-state index contributed by atoms with van der Waals surface area (Å²) in [7, 11) is 0. The van der Waals surface area contributed by atoms with Gasteiger partial charge in [0.2, 0.25) is 0 Å². The van der Waals surface area contributed by atoms with Crippen LogP contribution in [-0.4, -0.2) is 19.1 Å². The Hall–Kier alpha value is -0.960. The molecular weight excluding hydrogens is 114 g/mol. The van der Waals surface area contributed by atoms with Crippen molar-refractivity contribution in [2.75, 3.05) is 6.54 Å². The van der Waals surface area contributed by atoms with Gasteiger partial charge < -0.3 is 5.73 Å². The van der Waals surface area contributed by atoms with Crippen molar-refractivity contribution < 1.29 is 0 Å². The molecule has 0 aromatic carbocycles. The molecule has 0 radical (unpaired) electrons. The fourth-order valence-corrected chi connectivity index (χ4v) is 0.366. The van der Waals surface area contributed by atoms with Gasteiger partial charge in [-0.25, -0.2) is 9.98 Å². The molecule has 0 atom stereocenters. The first-order valence-corrected chi connectivity index (χ1v) is 2.60. The van der Waals surface area contributed by atoms with Crippen LogP contribution in [0.25, 0.3) is 0 Å². The first-order valence-electron chi connectivity index (χ1n) is 2.60. The molecule has 0 rings (SSSR count). The second-order valence-corrected chi connectivity index (χ2v) is 1.63. The monoisotopic (exact) mass is 125 g/mol. The first-order chi connectivity index (χ1) is 4.20. The van der Waals surface area contributed by atoms with Crippen LogP contribution in [0.5, 0.6) is 0 Å². The Kier molecular flexibility index (Phi) is 3.55. The molecule has 0 saturated carbocycles. The molecule has 0 aromatic heterocycles. The summed E-state index contributed by atoms with van der Waals surface area (Å²) >= 11 is 0. The zero-order chi connectivity index (χ0) is 7.28. The molecule has 9 heavy (non-hydrogen) atoms. The van der Waals surface area contributed by atoms with Gasteiger partial charge in [0.15, 0.2) is 0 Å². The highest BCUT2D eigenvalue weighted by atomic mass is 14.9. The molecular formula is C6H11N3. The molecule has 0 aliphatic rings. The number of nitrogens with two attached hydrogens (primary N) is 1. The van der Waals surface area contributed by atoms with Crippen molar-refractivity contribution in [1.82, 2.24) is 0 Å². The molecule has 0 heterocycles. The number of hydrogen-bond donors (Lipinski definition) is 1. The topological polar surface area (TPSA) is 50.7 Å². The summed E-state index contributed by atoms with van der Waals surface area (Å²) in [6.45, 7) is 8.94. The summed E-state index contributed by atoms with van der Waals surface area (Å²) in [4.78, 5) is 7.44. The summed E-state index contributed by atoms with van der Waals surface area (Å²) in [5.74, 6) is 0.530. The Morgan fingerprint density at radius 1 is 1.67 bits per heavy atom. The molecule has 2 N–H and O–H groups in total. The lowest BCUT2D eigenvalue weighted by molar-refractivity contribution is 1.22. The SMILES string of the molecule is C=NC(CN)=NC(=C)C. The van der Waals surface area contributed by atoms with Crippen molar-refractivity contribution in [3.8, 4) is 0 Å². The third-order valence-corrected chi connectivity index (χ3v) is 0.685. The Morgan fingerprint density at radius 3 is 2.33 bits per heavy atom. The van der Waals surface area contributed by atoms with Crippen LogP contribution >= 0.6 is 0 Å². The van der Waals surface area contributed by atoms with Crippen molar-refractivity contribution >= 4 is 12.6 Å². The minimum atomic E-state index is 0.316. The van der Waals surface area contributed by atoms with E-state index in [1.807, 2.05) is 0 Å². The standard InChI is InChI=1S/C6H11N3/c1-5(2)9-6(4-7)8-3/h1,3-4,7H2,2H3. The Balaban J connectivity index is 4.07. The van der Waals surface area contributed by atoms with E-state index in [0.29, 0.717) is 18.1 Å². The van der Waals surface area contributed by atoms with Gasteiger partial charge in [0, 0.05) is 5.70 Å². The largest absolute Gasteiger partial charge is 0.324 e. The molecule has 0 aliphatic carbocycles. The van der Waals surface area contributed by atoms with Crippen LogP contribution in [0.1, 0.15) is 6.92 Å². The summed E-state index contributed by atoms with van der Waals surface area (Å²) < 4.78 is 0. The molecule has 0 saturated heterocycles. The van der Waals surface area contributed by atoms with Gasteiger partial charge in [-0.05, 0) is 13.6 Å². The van der Waals surface area contributed by atoms with E-state index in [-0.39, 0.29) is 0 Å². The Morgan fingerprint density at radius 2 is 2.22 bits per heavy atom. The third kappa shape index (κ3) is 3.61. The summed E-state index contributed by atoms with van der Waals surface area (Å²) in [5, 5.41) is 0. The lowest BCUT2D eigenvalue weighted by Gasteiger charge is -1.92. The molecule has 0 amide bonds. The zero-order valence-corrected chi connectivity index (χ0v) is 5.59. The van der Waals surface area contributed by atoms with Crippen LogP contribution in [0.3, 0.4) is 0 Å². The quantitative estimate of drug-likeness (QED) is 0.426. The van der Waals surface area contributed by atoms with E-state index >= 15 is 0 Å². The maximum absolute atomic E-state index is 5.23. The van der Waals surface area contributed by atoms with Crippen LogP contribution in [0.15, 0.2) is 22.3 Å². The predicted molar refractivity (Wildman–Crippen MR) is 40.9 cm³/mol. The third-order valence-electron chi connectivity index (χ3n) is 0.685. The van der Waals surface area contributed by atoms with Crippen molar-refractivity contribution in [3.05, 3.63) is 12.3 Å². The number of hydrogen-bond acceptors (Lipinski definition) is 2. The van der Waals surface area contributed by atoms with E-state index in [2.05, 4.69) is 23.3 Å². The molecule has 0 bridgehead atoms. The molecule has 50 valence electrons. The van der Waals surface area contributed by atoms with E-state index in [9.17, 15) is 0 Å². The van der Waals surface area contributed by atoms with Crippen molar-refractivity contribution in [2.45, 2.75) is 6.92 Å². The Labute approximate surface area is 55.0 Å². The van der Waals surface area contributed by atoms with E-state index in [0.717, 1.165) is 0 Å².